The van der Waals surface area contributed by atoms with Crippen LogP contribution in [0.4, 0.5) is 4.79 Å². The monoisotopic (exact) mass is 158 g/mol. The molecule has 0 bridgehead atoms. The van der Waals surface area contributed by atoms with Crippen molar-refractivity contribution in [1.29, 1.82) is 0 Å². The number of aliphatic carboxylic acids is 1. The lowest BCUT2D eigenvalue weighted by atomic mass is 10.9. The predicted molar refractivity (Wildman–Crippen MR) is 30.4 cm³/mol. The number of carbonyl (C=O) groups is 2. The van der Waals surface area contributed by atoms with Gasteiger partial charge in [-0.1, -0.05) is 0 Å². The van der Waals surface area contributed by atoms with E-state index in [0.717, 1.165) is 6.92 Å². The third-order valence-corrected chi connectivity index (χ3v) is 0. The molecule has 0 aliphatic rings. The van der Waals surface area contributed by atoms with E-state index in [4.69, 9.17) is 14.7 Å². The summed E-state index contributed by atoms with van der Waals surface area (Å²) in [5.74, 6) is -0.833. The summed E-state index contributed by atoms with van der Waals surface area (Å²) in [4.78, 5) is 18.0. The lowest BCUT2D eigenvalue weighted by Crippen LogP contribution is -1.78. The van der Waals surface area contributed by atoms with Crippen LogP contribution in [0.25, 0.3) is 0 Å². The first-order valence-corrected chi connectivity index (χ1v) is 2.27. The van der Waals surface area contributed by atoms with Gasteiger partial charge in [0, 0.05) is 6.92 Å². The lowest BCUT2D eigenvalue weighted by molar-refractivity contribution is -0.134. The average Bonchev–Trinajstić information content (AvgIpc) is 1.25. The number of rotatable bonds is 0. The molecule has 8 heavy (non-hydrogen) atoms. The molecule has 0 heterocycles. The van der Waals surface area contributed by atoms with E-state index < -0.39 is 10.7 Å². The Bertz CT molecular complexity index is 70.5. The molecule has 0 aliphatic heterocycles. The van der Waals surface area contributed by atoms with Crippen molar-refractivity contribution >= 4 is 33.9 Å². The zero-order chi connectivity index (χ0) is 7.15. The SMILES string of the molecule is CC(=O)O.O=C(Cl)Cl. The van der Waals surface area contributed by atoms with Gasteiger partial charge >= 0.3 is 4.70 Å². The number of carbonyl (C=O) groups excluding carboxylic acids is 1. The maximum atomic E-state index is 9.00. The number of carboxylic acid groups (broad SMARTS) is 1. The lowest BCUT2D eigenvalue weighted by Gasteiger charge is -1.59. The normalized spacial score (nSPS) is 6.38. The Morgan fingerprint density at radius 2 is 1.38 bits per heavy atom. The Balaban J connectivity index is 0. The molecule has 48 valence electrons. The first-order valence-electron chi connectivity index (χ1n) is 1.51. The topological polar surface area (TPSA) is 54.4 Å². The Morgan fingerprint density at radius 1 is 1.38 bits per heavy atom. The second-order valence-electron chi connectivity index (χ2n) is 0.745. The molecule has 0 aromatic rings. The van der Waals surface area contributed by atoms with Gasteiger partial charge in [0.25, 0.3) is 5.97 Å². The van der Waals surface area contributed by atoms with Crippen molar-refractivity contribution in [2.45, 2.75) is 6.92 Å². The predicted octanol–water partition coefficient (Wildman–Crippen LogP) is 1.67. The summed E-state index contributed by atoms with van der Waals surface area (Å²) in [6.45, 7) is 1.08. The van der Waals surface area contributed by atoms with Crippen LogP contribution in [0.2, 0.25) is 0 Å². The van der Waals surface area contributed by atoms with Gasteiger partial charge in [-0.05, 0) is 23.2 Å². The van der Waals surface area contributed by atoms with Gasteiger partial charge in [0.15, 0.2) is 0 Å². The van der Waals surface area contributed by atoms with Gasteiger partial charge in [0.2, 0.25) is 0 Å². The fourth-order valence-corrected chi connectivity index (χ4v) is 0. The standard InChI is InChI=1S/C2H4O2.CCl2O/c1-2(3)4;2-1(3)4/h1H3,(H,3,4);. The van der Waals surface area contributed by atoms with Gasteiger partial charge in [-0.15, -0.1) is 0 Å². The summed E-state index contributed by atoms with van der Waals surface area (Å²) in [5.41, 5.74) is 0. The van der Waals surface area contributed by atoms with Crippen molar-refractivity contribution in [2.75, 3.05) is 0 Å². The van der Waals surface area contributed by atoms with E-state index in [-0.39, 0.29) is 0 Å². The second kappa shape index (κ2) is 6.72. The Hall–Kier alpha value is -0.280. The maximum Gasteiger partial charge on any atom is 0.313 e. The van der Waals surface area contributed by atoms with Crippen molar-refractivity contribution in [3.05, 3.63) is 0 Å². The molecule has 0 spiro atoms. The van der Waals surface area contributed by atoms with E-state index in [1.54, 1.807) is 0 Å². The highest BCUT2D eigenvalue weighted by molar-refractivity contribution is 6.93. The van der Waals surface area contributed by atoms with Crippen LogP contribution < -0.4 is 0 Å². The molecular formula is C3H4Cl2O3. The third kappa shape index (κ3) is 1630. The minimum atomic E-state index is -0.889. The van der Waals surface area contributed by atoms with Gasteiger partial charge in [-0.2, -0.15) is 0 Å². The highest BCUT2D eigenvalue weighted by atomic mass is 35.5. The van der Waals surface area contributed by atoms with Crippen LogP contribution >= 0.6 is 23.2 Å². The van der Waals surface area contributed by atoms with E-state index in [1.165, 1.54) is 0 Å². The van der Waals surface area contributed by atoms with Gasteiger partial charge in [0.1, 0.15) is 0 Å². The molecule has 0 amide bonds. The van der Waals surface area contributed by atoms with E-state index in [1.807, 2.05) is 0 Å². The van der Waals surface area contributed by atoms with Crippen LogP contribution in [0.15, 0.2) is 0 Å². The number of hydrogen-bond acceptors (Lipinski definition) is 2. The zero-order valence-corrected chi connectivity index (χ0v) is 5.53. The van der Waals surface area contributed by atoms with E-state index in [9.17, 15) is 0 Å². The zero-order valence-electron chi connectivity index (χ0n) is 4.02. The molecule has 0 unspecified atom stereocenters. The van der Waals surface area contributed by atoms with E-state index in [0.29, 0.717) is 0 Å². The molecule has 0 radical (unpaired) electrons. The summed E-state index contributed by atoms with van der Waals surface area (Å²) < 4.78 is -0.889. The molecule has 1 N–H and O–H groups in total. The highest BCUT2D eigenvalue weighted by Crippen LogP contribution is 1.84. The van der Waals surface area contributed by atoms with Crippen LogP contribution in [0.5, 0.6) is 0 Å². The Labute approximate surface area is 56.2 Å². The maximum absolute atomic E-state index is 9.00. The molecule has 0 aromatic carbocycles. The van der Waals surface area contributed by atoms with E-state index in [2.05, 4.69) is 23.2 Å². The summed E-state index contributed by atoms with van der Waals surface area (Å²) >= 11 is 8.80. The third-order valence-electron chi connectivity index (χ3n) is 0. The van der Waals surface area contributed by atoms with Gasteiger partial charge < -0.3 is 5.11 Å². The minimum absolute atomic E-state index is 0.833. The van der Waals surface area contributed by atoms with Crippen molar-refractivity contribution < 1.29 is 14.7 Å². The van der Waals surface area contributed by atoms with Crippen LogP contribution in [-0.4, -0.2) is 15.8 Å². The number of hydrogen-bond donors (Lipinski definition) is 1. The van der Waals surface area contributed by atoms with Crippen LogP contribution in [0.3, 0.4) is 0 Å². The number of carboxylic acids is 1. The smallest absolute Gasteiger partial charge is 0.313 e. The molecule has 0 aromatic heterocycles. The van der Waals surface area contributed by atoms with Crippen molar-refractivity contribution in [3.63, 3.8) is 0 Å². The Morgan fingerprint density at radius 3 is 1.38 bits per heavy atom. The summed E-state index contributed by atoms with van der Waals surface area (Å²) in [5, 5.41) is 7.42. The molecule has 0 rings (SSSR count). The van der Waals surface area contributed by atoms with Crippen LogP contribution in [-0.2, 0) is 4.79 Å². The fourth-order valence-electron chi connectivity index (χ4n) is 0. The van der Waals surface area contributed by atoms with Crippen LogP contribution in [0.1, 0.15) is 6.92 Å². The minimum Gasteiger partial charge on any atom is -0.481 e. The van der Waals surface area contributed by atoms with Gasteiger partial charge in [-0.25, -0.2) is 0 Å². The van der Waals surface area contributed by atoms with Gasteiger partial charge in [0.05, 0.1) is 0 Å². The molecular weight excluding hydrogens is 155 g/mol. The first-order chi connectivity index (χ1) is 3.46. The molecule has 0 saturated carbocycles. The van der Waals surface area contributed by atoms with Crippen LogP contribution in [0, 0.1) is 0 Å². The van der Waals surface area contributed by atoms with Crippen molar-refractivity contribution in [2.24, 2.45) is 0 Å². The fraction of sp³-hybridized carbons (Fsp3) is 0.333. The van der Waals surface area contributed by atoms with Gasteiger partial charge in [-0.3, -0.25) is 9.59 Å². The first kappa shape index (κ1) is 10.7. The van der Waals surface area contributed by atoms with E-state index >= 15 is 0 Å². The molecule has 0 fully saturated rings. The summed E-state index contributed by atoms with van der Waals surface area (Å²) in [6.07, 6.45) is 0. The second-order valence-corrected chi connectivity index (χ2v) is 1.62. The largest absolute Gasteiger partial charge is 0.481 e. The van der Waals surface area contributed by atoms with Crippen molar-refractivity contribution in [3.8, 4) is 0 Å². The quantitative estimate of drug-likeness (QED) is 0.547. The highest BCUT2D eigenvalue weighted by Gasteiger charge is 1.72. The molecule has 0 saturated heterocycles. The average molecular weight is 159 g/mol. The summed E-state index contributed by atoms with van der Waals surface area (Å²) in [6, 6.07) is 0. The molecule has 0 aliphatic carbocycles. The molecule has 0 atom stereocenters. The summed E-state index contributed by atoms with van der Waals surface area (Å²) in [7, 11) is 0. The molecule has 3 nitrogen and oxygen atoms in total. The number of halogens is 2. The molecule has 5 heteroatoms. The van der Waals surface area contributed by atoms with Crippen molar-refractivity contribution in [1.82, 2.24) is 0 Å². The Kier molecular flexibility index (Phi) is 8.95.